The minimum absolute atomic E-state index is 0. The zero-order chi connectivity index (χ0) is 8.39. The Hall–Kier alpha value is -1.48. The van der Waals surface area contributed by atoms with Gasteiger partial charge in [-0.1, -0.05) is 18.2 Å². The Kier molecular flexibility index (Phi) is 2.93. The Balaban J connectivity index is 0.000000845. The highest BCUT2D eigenvalue weighted by atomic mass is 35.5. The van der Waals surface area contributed by atoms with Gasteiger partial charge in [0.05, 0.1) is 11.9 Å². The third-order valence-electron chi connectivity index (χ3n) is 1.67. The number of hydrogen-bond acceptors (Lipinski definition) is 2. The van der Waals surface area contributed by atoms with Crippen molar-refractivity contribution in [1.29, 1.82) is 0 Å². The summed E-state index contributed by atoms with van der Waals surface area (Å²) in [5.41, 5.74) is 6.66. The van der Waals surface area contributed by atoms with E-state index in [1.54, 1.807) is 16.9 Å². The molecule has 1 aromatic carbocycles. The van der Waals surface area contributed by atoms with Gasteiger partial charge >= 0.3 is 0 Å². The number of anilines is 1. The van der Waals surface area contributed by atoms with Crippen molar-refractivity contribution in [1.82, 2.24) is 9.78 Å². The molecule has 2 N–H and O–H groups in total. The molecule has 0 fully saturated rings. The second kappa shape index (κ2) is 3.96. The highest BCUT2D eigenvalue weighted by molar-refractivity contribution is 5.85. The fraction of sp³-hybridized carbons (Fsp3) is 0. The number of aromatic nitrogens is 2. The van der Waals surface area contributed by atoms with Gasteiger partial charge in [-0.05, 0) is 12.1 Å². The van der Waals surface area contributed by atoms with Crippen LogP contribution >= 0.6 is 12.4 Å². The lowest BCUT2D eigenvalue weighted by Crippen LogP contribution is -2.00. The highest BCUT2D eigenvalue weighted by Gasteiger charge is 1.97. The first-order chi connectivity index (χ1) is 5.88. The van der Waals surface area contributed by atoms with Crippen molar-refractivity contribution in [2.45, 2.75) is 0 Å². The van der Waals surface area contributed by atoms with Gasteiger partial charge in [0.25, 0.3) is 0 Å². The van der Waals surface area contributed by atoms with E-state index in [4.69, 9.17) is 5.73 Å². The molecule has 0 saturated heterocycles. The summed E-state index contributed by atoms with van der Waals surface area (Å²) in [4.78, 5) is 0. The number of nitrogens with zero attached hydrogens (tertiary/aromatic N) is 2. The molecule has 0 unspecified atom stereocenters. The van der Waals surface area contributed by atoms with Crippen molar-refractivity contribution < 1.29 is 0 Å². The molecule has 1 aromatic heterocycles. The van der Waals surface area contributed by atoms with Crippen molar-refractivity contribution in [3.8, 4) is 5.69 Å². The molecule has 0 radical (unpaired) electrons. The Bertz CT molecular complexity index is 369. The predicted octanol–water partition coefficient (Wildman–Crippen LogP) is 1.88. The molecular formula is C9H10ClN3. The van der Waals surface area contributed by atoms with Crippen LogP contribution in [0.1, 0.15) is 0 Å². The predicted molar refractivity (Wildman–Crippen MR) is 55.2 cm³/mol. The molecule has 13 heavy (non-hydrogen) atoms. The second-order valence-electron chi connectivity index (χ2n) is 2.50. The number of benzene rings is 1. The summed E-state index contributed by atoms with van der Waals surface area (Å²) in [5, 5.41) is 4.08. The molecule has 3 nitrogen and oxygen atoms in total. The zero-order valence-electron chi connectivity index (χ0n) is 6.92. The normalized spacial score (nSPS) is 9.23. The summed E-state index contributed by atoms with van der Waals surface area (Å²) in [7, 11) is 0. The largest absolute Gasteiger partial charge is 0.384 e. The molecule has 0 aliphatic heterocycles. The molecule has 0 aliphatic carbocycles. The van der Waals surface area contributed by atoms with E-state index < -0.39 is 0 Å². The molecule has 2 aromatic rings. The number of nitrogen functional groups attached to an aromatic ring is 1. The van der Waals surface area contributed by atoms with Gasteiger partial charge in [0.1, 0.15) is 5.82 Å². The maximum atomic E-state index is 5.67. The number of rotatable bonds is 1. The second-order valence-corrected chi connectivity index (χ2v) is 2.50. The molecule has 0 saturated carbocycles. The quantitative estimate of drug-likeness (QED) is 0.755. The first-order valence-corrected chi connectivity index (χ1v) is 3.73. The first-order valence-electron chi connectivity index (χ1n) is 3.73. The van der Waals surface area contributed by atoms with E-state index in [-0.39, 0.29) is 12.4 Å². The number of para-hydroxylation sites is 1. The Morgan fingerprint density at radius 1 is 1.08 bits per heavy atom. The van der Waals surface area contributed by atoms with Gasteiger partial charge in [0.15, 0.2) is 0 Å². The molecule has 1 heterocycles. The summed E-state index contributed by atoms with van der Waals surface area (Å²) in [6.45, 7) is 0. The zero-order valence-corrected chi connectivity index (χ0v) is 7.74. The van der Waals surface area contributed by atoms with Crippen LogP contribution in [-0.2, 0) is 0 Å². The monoisotopic (exact) mass is 195 g/mol. The summed E-state index contributed by atoms with van der Waals surface area (Å²) < 4.78 is 1.69. The van der Waals surface area contributed by atoms with Crippen molar-refractivity contribution in [2.24, 2.45) is 0 Å². The van der Waals surface area contributed by atoms with Gasteiger partial charge in [-0.2, -0.15) is 5.10 Å². The molecular weight excluding hydrogens is 186 g/mol. The summed E-state index contributed by atoms with van der Waals surface area (Å²) in [6.07, 6.45) is 1.68. The van der Waals surface area contributed by atoms with Crippen LogP contribution in [0, 0.1) is 0 Å². The van der Waals surface area contributed by atoms with E-state index in [9.17, 15) is 0 Å². The van der Waals surface area contributed by atoms with E-state index in [2.05, 4.69) is 5.10 Å². The number of nitrogens with two attached hydrogens (primary N) is 1. The van der Waals surface area contributed by atoms with Gasteiger partial charge in [0.2, 0.25) is 0 Å². The lowest BCUT2D eigenvalue weighted by atomic mass is 10.3. The Labute approximate surface area is 82.6 Å². The highest BCUT2D eigenvalue weighted by Crippen LogP contribution is 2.09. The van der Waals surface area contributed by atoms with E-state index in [0.29, 0.717) is 5.82 Å². The van der Waals surface area contributed by atoms with Crippen LogP contribution in [0.5, 0.6) is 0 Å². The smallest absolute Gasteiger partial charge is 0.127 e. The van der Waals surface area contributed by atoms with E-state index in [0.717, 1.165) is 5.69 Å². The van der Waals surface area contributed by atoms with Crippen LogP contribution in [0.25, 0.3) is 5.69 Å². The molecule has 68 valence electrons. The fourth-order valence-electron chi connectivity index (χ4n) is 1.10. The minimum Gasteiger partial charge on any atom is -0.384 e. The number of halogens is 1. The van der Waals surface area contributed by atoms with Crippen LogP contribution < -0.4 is 5.73 Å². The molecule has 0 spiro atoms. The van der Waals surface area contributed by atoms with Gasteiger partial charge < -0.3 is 5.73 Å². The molecule has 0 atom stereocenters. The maximum Gasteiger partial charge on any atom is 0.127 e. The lowest BCUT2D eigenvalue weighted by molar-refractivity contribution is 0.891. The van der Waals surface area contributed by atoms with Crippen LogP contribution in [0.3, 0.4) is 0 Å². The first kappa shape index (κ1) is 9.61. The van der Waals surface area contributed by atoms with Crippen molar-refractivity contribution in [3.05, 3.63) is 42.6 Å². The van der Waals surface area contributed by atoms with Crippen LogP contribution in [-0.4, -0.2) is 9.78 Å². The average Bonchev–Trinajstić information content (AvgIpc) is 2.53. The molecule has 0 amide bonds. The van der Waals surface area contributed by atoms with Crippen LogP contribution in [0.15, 0.2) is 42.6 Å². The fourth-order valence-corrected chi connectivity index (χ4v) is 1.10. The summed E-state index contributed by atoms with van der Waals surface area (Å²) in [5.74, 6) is 0.654. The maximum absolute atomic E-state index is 5.67. The lowest BCUT2D eigenvalue weighted by Gasteiger charge is -2.01. The van der Waals surface area contributed by atoms with E-state index in [1.165, 1.54) is 0 Å². The van der Waals surface area contributed by atoms with Crippen molar-refractivity contribution in [3.63, 3.8) is 0 Å². The molecule has 0 aliphatic rings. The van der Waals surface area contributed by atoms with Gasteiger partial charge in [-0.15, -0.1) is 12.4 Å². The summed E-state index contributed by atoms with van der Waals surface area (Å²) >= 11 is 0. The molecule has 4 heteroatoms. The Morgan fingerprint density at radius 3 is 2.31 bits per heavy atom. The topological polar surface area (TPSA) is 43.8 Å². The standard InChI is InChI=1S/C9H9N3.ClH/c10-9-6-7-11-12(9)8-4-2-1-3-5-8;/h1-7H,10H2;1H. The third kappa shape index (κ3) is 1.81. The van der Waals surface area contributed by atoms with Gasteiger partial charge in [-0.3, -0.25) is 0 Å². The molecule has 0 bridgehead atoms. The molecule has 2 rings (SSSR count). The van der Waals surface area contributed by atoms with Crippen LogP contribution in [0.2, 0.25) is 0 Å². The Morgan fingerprint density at radius 2 is 1.77 bits per heavy atom. The van der Waals surface area contributed by atoms with E-state index in [1.807, 2.05) is 30.3 Å². The van der Waals surface area contributed by atoms with Gasteiger partial charge in [0, 0.05) is 6.07 Å². The van der Waals surface area contributed by atoms with Crippen LogP contribution in [0.4, 0.5) is 5.82 Å². The van der Waals surface area contributed by atoms with Gasteiger partial charge in [-0.25, -0.2) is 4.68 Å². The minimum atomic E-state index is 0. The van der Waals surface area contributed by atoms with Crippen molar-refractivity contribution in [2.75, 3.05) is 5.73 Å². The SMILES string of the molecule is Cl.Nc1ccnn1-c1ccccc1. The van der Waals surface area contributed by atoms with Crippen molar-refractivity contribution >= 4 is 18.2 Å². The van der Waals surface area contributed by atoms with E-state index >= 15 is 0 Å². The number of hydrogen-bond donors (Lipinski definition) is 1. The summed E-state index contributed by atoms with van der Waals surface area (Å²) in [6, 6.07) is 11.6. The third-order valence-corrected chi connectivity index (χ3v) is 1.67. The average molecular weight is 196 g/mol.